The van der Waals surface area contributed by atoms with Gasteiger partial charge in [0.2, 0.25) is 5.91 Å². The lowest BCUT2D eigenvalue weighted by molar-refractivity contribution is -0.118. The van der Waals surface area contributed by atoms with E-state index in [2.05, 4.69) is 33.2 Å². The first kappa shape index (κ1) is 18.4. The normalized spacial score (nSPS) is 11.9. The van der Waals surface area contributed by atoms with Crippen molar-refractivity contribution in [3.05, 3.63) is 63.2 Å². The number of rotatable bonds is 5. The van der Waals surface area contributed by atoms with Gasteiger partial charge in [-0.05, 0) is 65.8 Å². The van der Waals surface area contributed by atoms with Crippen LogP contribution >= 0.6 is 22.6 Å². The van der Waals surface area contributed by atoms with Crippen LogP contribution in [0.4, 0.5) is 5.69 Å². The van der Waals surface area contributed by atoms with Gasteiger partial charge >= 0.3 is 0 Å². The number of carbonyl (C=O) groups is 2. The molecule has 0 bridgehead atoms. The fourth-order valence-electron chi connectivity index (χ4n) is 2.33. The van der Waals surface area contributed by atoms with Crippen molar-refractivity contribution >= 4 is 40.1 Å². The average Bonchev–Trinajstić information content (AvgIpc) is 2.52. The summed E-state index contributed by atoms with van der Waals surface area (Å²) in [6, 6.07) is 14.3. The first-order valence-electron chi connectivity index (χ1n) is 7.81. The predicted octanol–water partition coefficient (Wildman–Crippen LogP) is 3.99. The molecule has 1 atom stereocenters. The van der Waals surface area contributed by atoms with E-state index < -0.39 is 6.04 Å². The van der Waals surface area contributed by atoms with E-state index in [4.69, 9.17) is 0 Å². The van der Waals surface area contributed by atoms with Crippen molar-refractivity contribution in [1.82, 2.24) is 5.32 Å². The highest BCUT2D eigenvalue weighted by Gasteiger charge is 2.24. The highest BCUT2D eigenvalue weighted by Crippen LogP contribution is 2.14. The Labute approximate surface area is 156 Å². The van der Waals surface area contributed by atoms with Crippen LogP contribution in [0.1, 0.15) is 29.8 Å². The topological polar surface area (TPSA) is 58.2 Å². The Morgan fingerprint density at radius 3 is 2.38 bits per heavy atom. The maximum atomic E-state index is 12.6. The third-order valence-electron chi connectivity index (χ3n) is 3.61. The first-order valence-corrected chi connectivity index (χ1v) is 8.88. The van der Waals surface area contributed by atoms with E-state index >= 15 is 0 Å². The minimum Gasteiger partial charge on any atom is -0.340 e. The highest BCUT2D eigenvalue weighted by atomic mass is 127. The molecule has 0 spiro atoms. The maximum absolute atomic E-state index is 12.6. The molecule has 24 heavy (non-hydrogen) atoms. The van der Waals surface area contributed by atoms with E-state index in [0.717, 1.165) is 14.8 Å². The van der Waals surface area contributed by atoms with Crippen LogP contribution in [0.2, 0.25) is 0 Å². The Morgan fingerprint density at radius 1 is 1.04 bits per heavy atom. The molecule has 2 aromatic carbocycles. The molecule has 2 N–H and O–H groups in total. The lowest BCUT2D eigenvalue weighted by Crippen LogP contribution is -2.47. The van der Waals surface area contributed by atoms with E-state index in [9.17, 15) is 9.59 Å². The van der Waals surface area contributed by atoms with Gasteiger partial charge in [0.25, 0.3) is 5.91 Å². The van der Waals surface area contributed by atoms with Crippen LogP contribution in [0.25, 0.3) is 0 Å². The minimum absolute atomic E-state index is 0.0263. The SMILES string of the molecule is Cc1cccc(C(=O)NC(C(=O)Nc2cccc(I)c2)C(C)C)c1. The molecule has 2 aromatic rings. The predicted molar refractivity (Wildman–Crippen MR) is 105 cm³/mol. The van der Waals surface area contributed by atoms with Gasteiger partial charge in [0.1, 0.15) is 6.04 Å². The van der Waals surface area contributed by atoms with Crippen molar-refractivity contribution in [3.63, 3.8) is 0 Å². The Hall–Kier alpha value is -1.89. The monoisotopic (exact) mass is 436 g/mol. The Bertz CT molecular complexity index is 744. The maximum Gasteiger partial charge on any atom is 0.251 e. The van der Waals surface area contributed by atoms with Gasteiger partial charge < -0.3 is 10.6 Å². The number of benzene rings is 2. The standard InChI is InChI=1S/C19H21IN2O2/c1-12(2)17(19(24)21-16-9-5-8-15(20)11-16)22-18(23)14-7-4-6-13(3)10-14/h4-12,17H,1-3H3,(H,21,24)(H,22,23). The summed E-state index contributed by atoms with van der Waals surface area (Å²) in [5.74, 6) is -0.482. The first-order chi connectivity index (χ1) is 11.4. The fraction of sp³-hybridized carbons (Fsp3) is 0.263. The van der Waals surface area contributed by atoms with E-state index in [1.54, 1.807) is 6.07 Å². The zero-order valence-electron chi connectivity index (χ0n) is 14.0. The van der Waals surface area contributed by atoms with Gasteiger partial charge in [-0.1, -0.05) is 37.6 Å². The number of amides is 2. The summed E-state index contributed by atoms with van der Waals surface area (Å²) in [5.41, 5.74) is 2.29. The van der Waals surface area contributed by atoms with Crippen LogP contribution in [0.5, 0.6) is 0 Å². The summed E-state index contributed by atoms with van der Waals surface area (Å²) < 4.78 is 1.04. The van der Waals surface area contributed by atoms with Crippen molar-refractivity contribution in [1.29, 1.82) is 0 Å². The Kier molecular flexibility index (Phi) is 6.36. The number of hydrogen-bond acceptors (Lipinski definition) is 2. The second kappa shape index (κ2) is 8.28. The second-order valence-electron chi connectivity index (χ2n) is 6.06. The number of aryl methyl sites for hydroxylation is 1. The molecule has 2 rings (SSSR count). The largest absolute Gasteiger partial charge is 0.340 e. The molecule has 0 aliphatic carbocycles. The summed E-state index contributed by atoms with van der Waals surface area (Å²) >= 11 is 2.19. The van der Waals surface area contributed by atoms with Crippen LogP contribution in [-0.2, 0) is 4.79 Å². The molecule has 0 aromatic heterocycles. The van der Waals surface area contributed by atoms with Gasteiger partial charge in [0.15, 0.2) is 0 Å². The molecule has 0 fully saturated rings. The van der Waals surface area contributed by atoms with Crippen molar-refractivity contribution in [3.8, 4) is 0 Å². The number of nitrogens with one attached hydrogen (secondary N) is 2. The lowest BCUT2D eigenvalue weighted by Gasteiger charge is -2.22. The molecule has 126 valence electrons. The smallest absolute Gasteiger partial charge is 0.251 e. The van der Waals surface area contributed by atoms with E-state index in [1.807, 2.05) is 63.2 Å². The molecule has 4 nitrogen and oxygen atoms in total. The molecule has 0 aliphatic rings. The van der Waals surface area contributed by atoms with Crippen LogP contribution < -0.4 is 10.6 Å². The molecule has 1 unspecified atom stereocenters. The number of halogens is 1. The molecule has 0 heterocycles. The molecule has 0 aliphatic heterocycles. The lowest BCUT2D eigenvalue weighted by atomic mass is 10.0. The van der Waals surface area contributed by atoms with Crippen LogP contribution in [0, 0.1) is 16.4 Å². The molecule has 2 amide bonds. The van der Waals surface area contributed by atoms with Gasteiger partial charge in [0, 0.05) is 14.8 Å². The Balaban J connectivity index is 2.11. The van der Waals surface area contributed by atoms with Crippen LogP contribution in [-0.4, -0.2) is 17.9 Å². The summed E-state index contributed by atoms with van der Waals surface area (Å²) in [6.07, 6.45) is 0. The molecular formula is C19H21IN2O2. The quantitative estimate of drug-likeness (QED) is 0.697. The van der Waals surface area contributed by atoms with Crippen molar-refractivity contribution in [2.24, 2.45) is 5.92 Å². The van der Waals surface area contributed by atoms with Crippen molar-refractivity contribution in [2.45, 2.75) is 26.8 Å². The van der Waals surface area contributed by atoms with Crippen molar-refractivity contribution < 1.29 is 9.59 Å². The van der Waals surface area contributed by atoms with Gasteiger partial charge in [-0.2, -0.15) is 0 Å². The zero-order valence-corrected chi connectivity index (χ0v) is 16.1. The molecule has 0 saturated carbocycles. The zero-order chi connectivity index (χ0) is 17.7. The minimum atomic E-state index is -0.601. The highest BCUT2D eigenvalue weighted by molar-refractivity contribution is 14.1. The van der Waals surface area contributed by atoms with Crippen LogP contribution in [0.3, 0.4) is 0 Å². The number of hydrogen-bond donors (Lipinski definition) is 2. The second-order valence-corrected chi connectivity index (χ2v) is 7.31. The molecule has 0 radical (unpaired) electrons. The van der Waals surface area contributed by atoms with Gasteiger partial charge in [-0.15, -0.1) is 0 Å². The third kappa shape index (κ3) is 5.06. The fourth-order valence-corrected chi connectivity index (χ4v) is 2.88. The van der Waals surface area contributed by atoms with Crippen molar-refractivity contribution in [2.75, 3.05) is 5.32 Å². The third-order valence-corrected chi connectivity index (χ3v) is 4.28. The molecule has 5 heteroatoms. The summed E-state index contributed by atoms with van der Waals surface area (Å²) in [6.45, 7) is 5.76. The van der Waals surface area contributed by atoms with Gasteiger partial charge in [-0.25, -0.2) is 0 Å². The van der Waals surface area contributed by atoms with E-state index in [0.29, 0.717) is 5.56 Å². The summed E-state index contributed by atoms with van der Waals surface area (Å²) in [7, 11) is 0. The summed E-state index contributed by atoms with van der Waals surface area (Å²) in [4.78, 5) is 25.0. The average molecular weight is 436 g/mol. The van der Waals surface area contributed by atoms with Crippen LogP contribution in [0.15, 0.2) is 48.5 Å². The van der Waals surface area contributed by atoms with E-state index in [1.165, 1.54) is 0 Å². The van der Waals surface area contributed by atoms with Gasteiger partial charge in [-0.3, -0.25) is 9.59 Å². The number of anilines is 1. The van der Waals surface area contributed by atoms with E-state index in [-0.39, 0.29) is 17.7 Å². The Morgan fingerprint density at radius 2 is 1.75 bits per heavy atom. The van der Waals surface area contributed by atoms with Gasteiger partial charge in [0.05, 0.1) is 0 Å². The molecule has 0 saturated heterocycles. The summed E-state index contributed by atoms with van der Waals surface area (Å²) in [5, 5.41) is 5.72. The number of carbonyl (C=O) groups excluding carboxylic acids is 2. The molecular weight excluding hydrogens is 415 g/mol.